The number of likely N-dealkylation sites (tertiary alicyclic amines) is 1. The summed E-state index contributed by atoms with van der Waals surface area (Å²) in [7, 11) is 1.52. The highest BCUT2D eigenvalue weighted by molar-refractivity contribution is 5.46. The van der Waals surface area contributed by atoms with E-state index >= 15 is 0 Å². The van der Waals surface area contributed by atoms with Crippen molar-refractivity contribution >= 4 is 11.5 Å². The van der Waals surface area contributed by atoms with E-state index in [1.54, 1.807) is 16.9 Å². The van der Waals surface area contributed by atoms with Crippen molar-refractivity contribution in [3.63, 3.8) is 0 Å². The van der Waals surface area contributed by atoms with Crippen molar-refractivity contribution in [2.45, 2.75) is 25.4 Å². The zero-order valence-corrected chi connectivity index (χ0v) is 18.1. The van der Waals surface area contributed by atoms with Crippen LogP contribution in [-0.4, -0.2) is 74.6 Å². The molecular weight excluding hydrogens is 408 g/mol. The molecule has 10 nitrogen and oxygen atoms in total. The molecule has 1 N–H and O–H groups in total. The number of pyridine rings is 1. The molecule has 2 aliphatic heterocycles. The van der Waals surface area contributed by atoms with Gasteiger partial charge in [-0.15, -0.1) is 15.3 Å². The lowest BCUT2D eigenvalue weighted by Gasteiger charge is -2.39. The fourth-order valence-corrected chi connectivity index (χ4v) is 4.86. The minimum Gasteiger partial charge on any atom is -0.495 e. The molecule has 0 unspecified atom stereocenters. The van der Waals surface area contributed by atoms with Crippen LogP contribution in [0.4, 0.5) is 5.82 Å². The molecule has 0 radical (unpaired) electrons. The number of methoxy groups -OCH3 is 1. The molecule has 0 aromatic carbocycles. The van der Waals surface area contributed by atoms with Crippen molar-refractivity contribution in [2.24, 2.45) is 5.41 Å². The smallest absolute Gasteiger partial charge is 0.177 e. The van der Waals surface area contributed by atoms with Gasteiger partial charge in [-0.05, 0) is 49.9 Å². The number of anilines is 1. The van der Waals surface area contributed by atoms with Gasteiger partial charge in [0.25, 0.3) is 0 Å². The molecule has 0 amide bonds. The summed E-state index contributed by atoms with van der Waals surface area (Å²) in [6.45, 7) is 4.40. The molecule has 1 atom stereocenters. The van der Waals surface area contributed by atoms with Crippen LogP contribution in [0.15, 0.2) is 30.7 Å². The number of ether oxygens (including phenoxy) is 1. The molecule has 5 heterocycles. The van der Waals surface area contributed by atoms with Crippen molar-refractivity contribution in [1.29, 1.82) is 5.26 Å². The second-order valence-corrected chi connectivity index (χ2v) is 8.73. The zero-order valence-electron chi connectivity index (χ0n) is 18.1. The van der Waals surface area contributed by atoms with Crippen LogP contribution in [0.2, 0.25) is 0 Å². The summed E-state index contributed by atoms with van der Waals surface area (Å²) in [5.41, 5.74) is 1.95. The Bertz CT molecular complexity index is 1150. The quantitative estimate of drug-likeness (QED) is 0.636. The van der Waals surface area contributed by atoms with Crippen LogP contribution >= 0.6 is 0 Å². The molecule has 0 aliphatic carbocycles. The molecular formula is C22H26N8O2. The van der Waals surface area contributed by atoms with Crippen molar-refractivity contribution in [1.82, 2.24) is 29.7 Å². The first-order valence-electron chi connectivity index (χ1n) is 10.9. The van der Waals surface area contributed by atoms with Gasteiger partial charge in [0.2, 0.25) is 0 Å². The lowest BCUT2D eigenvalue weighted by atomic mass is 9.77. The van der Waals surface area contributed by atoms with E-state index in [2.05, 4.69) is 30.1 Å². The number of rotatable bonds is 5. The van der Waals surface area contributed by atoms with Crippen molar-refractivity contribution in [2.75, 3.05) is 44.7 Å². The number of β-amino-alcohol motifs (C(OH)–C–C–N with tert-alkyl or cyclic N) is 1. The van der Waals surface area contributed by atoms with Gasteiger partial charge in [-0.25, -0.2) is 0 Å². The van der Waals surface area contributed by atoms with Crippen LogP contribution in [0.25, 0.3) is 5.65 Å². The fraction of sp³-hybridized carbons (Fsp3) is 0.500. The van der Waals surface area contributed by atoms with Gasteiger partial charge in [0.05, 0.1) is 12.8 Å². The zero-order chi connectivity index (χ0) is 22.1. The Balaban J connectivity index is 1.18. The first kappa shape index (κ1) is 20.6. The molecule has 32 heavy (non-hydrogen) atoms. The third-order valence-corrected chi connectivity index (χ3v) is 6.83. The van der Waals surface area contributed by atoms with Gasteiger partial charge in [-0.3, -0.25) is 4.98 Å². The summed E-state index contributed by atoms with van der Waals surface area (Å²) >= 11 is 0. The lowest BCUT2D eigenvalue weighted by Crippen LogP contribution is -2.43. The number of aromatic nitrogens is 5. The van der Waals surface area contributed by atoms with Crippen LogP contribution in [0.5, 0.6) is 5.75 Å². The average molecular weight is 435 g/mol. The highest BCUT2D eigenvalue weighted by Crippen LogP contribution is 2.41. The van der Waals surface area contributed by atoms with E-state index in [-0.39, 0.29) is 0 Å². The van der Waals surface area contributed by atoms with Crippen LogP contribution < -0.4 is 9.64 Å². The molecule has 166 valence electrons. The van der Waals surface area contributed by atoms with E-state index in [0.717, 1.165) is 56.9 Å². The summed E-state index contributed by atoms with van der Waals surface area (Å²) in [6, 6.07) is 7.68. The highest BCUT2D eigenvalue weighted by Gasteiger charge is 2.41. The van der Waals surface area contributed by atoms with Crippen molar-refractivity contribution in [3.05, 3.63) is 42.0 Å². The minimum atomic E-state index is -0.717. The number of aliphatic hydroxyl groups excluding tert-OH is 1. The van der Waals surface area contributed by atoms with E-state index in [4.69, 9.17) is 10.00 Å². The second-order valence-electron chi connectivity index (χ2n) is 8.73. The van der Waals surface area contributed by atoms with E-state index in [1.807, 2.05) is 18.2 Å². The number of aliphatic hydroxyl groups is 1. The van der Waals surface area contributed by atoms with Gasteiger partial charge >= 0.3 is 0 Å². The van der Waals surface area contributed by atoms with E-state index in [9.17, 15) is 5.11 Å². The third kappa shape index (κ3) is 3.85. The number of piperidine rings is 1. The van der Waals surface area contributed by atoms with Gasteiger partial charge in [-0.2, -0.15) is 9.78 Å². The third-order valence-electron chi connectivity index (χ3n) is 6.83. The molecule has 5 rings (SSSR count). The predicted octanol–water partition coefficient (Wildman–Crippen LogP) is 1.43. The van der Waals surface area contributed by atoms with Crippen molar-refractivity contribution in [3.8, 4) is 11.8 Å². The minimum absolute atomic E-state index is 0.293. The average Bonchev–Trinajstić information content (AvgIpc) is 3.47. The number of fused-ring (bicyclic) bond motifs is 1. The van der Waals surface area contributed by atoms with Gasteiger partial charge in [0, 0.05) is 31.9 Å². The molecule has 3 aromatic heterocycles. The van der Waals surface area contributed by atoms with E-state index < -0.39 is 6.10 Å². The van der Waals surface area contributed by atoms with Gasteiger partial charge in [0.1, 0.15) is 35.6 Å². The summed E-state index contributed by atoms with van der Waals surface area (Å²) in [6.07, 6.45) is 5.71. The Morgan fingerprint density at radius 1 is 1.25 bits per heavy atom. The molecule has 2 saturated heterocycles. The number of nitriles is 1. The Kier molecular flexibility index (Phi) is 5.36. The van der Waals surface area contributed by atoms with Crippen molar-refractivity contribution < 1.29 is 9.84 Å². The number of hydrogen-bond donors (Lipinski definition) is 1. The molecule has 0 saturated carbocycles. The predicted molar refractivity (Wildman–Crippen MR) is 116 cm³/mol. The monoisotopic (exact) mass is 434 g/mol. The Hall–Kier alpha value is -3.29. The van der Waals surface area contributed by atoms with Gasteiger partial charge < -0.3 is 19.6 Å². The number of nitrogens with zero attached hydrogens (tertiary/aromatic N) is 8. The fourth-order valence-electron chi connectivity index (χ4n) is 4.86. The first-order valence-corrected chi connectivity index (χ1v) is 10.9. The summed E-state index contributed by atoms with van der Waals surface area (Å²) < 4.78 is 6.96. The maximum Gasteiger partial charge on any atom is 0.177 e. The van der Waals surface area contributed by atoms with Gasteiger partial charge in [-0.1, -0.05) is 0 Å². The summed E-state index contributed by atoms with van der Waals surface area (Å²) in [5.74, 6) is 1.41. The van der Waals surface area contributed by atoms with Crippen LogP contribution in [0.3, 0.4) is 0 Å². The molecule has 10 heteroatoms. The maximum atomic E-state index is 10.7. The lowest BCUT2D eigenvalue weighted by molar-refractivity contribution is 0.0632. The Morgan fingerprint density at radius 2 is 2.06 bits per heavy atom. The SMILES string of the molecule is COc1cc([C@H](O)CN2CCC3(CC2)CCN(c2ccc4nncn4n2)C3)ncc1C#N. The van der Waals surface area contributed by atoms with E-state index in [0.29, 0.717) is 29.0 Å². The Morgan fingerprint density at radius 3 is 2.84 bits per heavy atom. The van der Waals surface area contributed by atoms with Crippen LogP contribution in [-0.2, 0) is 0 Å². The topological polar surface area (TPSA) is 116 Å². The van der Waals surface area contributed by atoms with Crippen LogP contribution in [0.1, 0.15) is 36.6 Å². The number of hydrogen-bond acceptors (Lipinski definition) is 9. The largest absolute Gasteiger partial charge is 0.495 e. The molecule has 1 spiro atoms. The summed E-state index contributed by atoms with van der Waals surface area (Å²) in [4.78, 5) is 8.91. The molecule has 2 aliphatic rings. The normalized spacial score (nSPS) is 19.3. The highest BCUT2D eigenvalue weighted by atomic mass is 16.5. The molecule has 2 fully saturated rings. The maximum absolute atomic E-state index is 10.7. The standard InChI is InChI=1S/C22H26N8O2/c1-32-19-10-17(24-12-16(19)11-23)18(31)13-28-7-4-22(5-8-28)6-9-29(14-22)21-3-2-20-26-25-15-30(20)27-21/h2-3,10,12,15,18,31H,4-9,13-14H2,1H3/t18-/m1/s1. The first-order chi connectivity index (χ1) is 15.6. The Labute approximate surface area is 186 Å². The van der Waals surface area contributed by atoms with Crippen LogP contribution in [0, 0.1) is 16.7 Å². The molecule has 0 bridgehead atoms. The van der Waals surface area contributed by atoms with E-state index in [1.165, 1.54) is 13.3 Å². The summed E-state index contributed by atoms with van der Waals surface area (Å²) in [5, 5.41) is 32.4. The molecule has 3 aromatic rings. The second kappa shape index (κ2) is 8.33. The van der Waals surface area contributed by atoms with Gasteiger partial charge in [0.15, 0.2) is 5.65 Å².